The summed E-state index contributed by atoms with van der Waals surface area (Å²) in [5.74, 6) is 0.879. The summed E-state index contributed by atoms with van der Waals surface area (Å²) >= 11 is 0. The summed E-state index contributed by atoms with van der Waals surface area (Å²) in [4.78, 5) is 4.52. The van der Waals surface area contributed by atoms with Gasteiger partial charge in [0.15, 0.2) is 5.65 Å². The van der Waals surface area contributed by atoms with Crippen molar-refractivity contribution in [2.24, 2.45) is 7.05 Å². The molecule has 1 saturated heterocycles. The van der Waals surface area contributed by atoms with Gasteiger partial charge in [-0.15, -0.1) is 5.10 Å². The van der Waals surface area contributed by atoms with Crippen molar-refractivity contribution in [2.75, 3.05) is 18.5 Å². The molecule has 0 spiro atoms. The molecule has 1 aliphatic heterocycles. The third-order valence-corrected chi connectivity index (χ3v) is 5.12. The van der Waals surface area contributed by atoms with Crippen LogP contribution in [0.15, 0.2) is 48.8 Å². The lowest BCUT2D eigenvalue weighted by Crippen LogP contribution is -2.28. The Morgan fingerprint density at radius 2 is 2.00 bits per heavy atom. The number of aromatic nitrogens is 4. The van der Waals surface area contributed by atoms with Crippen LogP contribution in [0, 0.1) is 0 Å². The molecule has 0 saturated carbocycles. The minimum atomic E-state index is 0.418. The van der Waals surface area contributed by atoms with Crippen molar-refractivity contribution in [1.29, 1.82) is 0 Å². The number of nitrogens with one attached hydrogen (secondary N) is 1. The lowest BCUT2D eigenvalue weighted by molar-refractivity contribution is 0.0903. The first kappa shape index (κ1) is 15.4. The van der Waals surface area contributed by atoms with Gasteiger partial charge in [-0.05, 0) is 43.2 Å². The predicted octanol–water partition coefficient (Wildman–Crippen LogP) is 3.48. The maximum atomic E-state index is 5.43. The van der Waals surface area contributed by atoms with E-state index in [-0.39, 0.29) is 0 Å². The lowest BCUT2D eigenvalue weighted by Gasteiger charge is -2.23. The zero-order valence-electron chi connectivity index (χ0n) is 14.7. The Bertz CT molecular complexity index is 1070. The Hall–Kier alpha value is -2.86. The van der Waals surface area contributed by atoms with Crippen LogP contribution in [-0.4, -0.2) is 38.4 Å². The normalized spacial score (nSPS) is 15.7. The summed E-state index contributed by atoms with van der Waals surface area (Å²) in [5, 5.41) is 9.54. The van der Waals surface area contributed by atoms with Gasteiger partial charge in [0.2, 0.25) is 0 Å². The average Bonchev–Trinajstić information content (AvgIpc) is 3.26. The second-order valence-corrected chi connectivity index (χ2v) is 6.86. The summed E-state index contributed by atoms with van der Waals surface area (Å²) in [5.41, 5.74) is 4.19. The zero-order valence-corrected chi connectivity index (χ0v) is 14.7. The molecule has 0 amide bonds. The maximum Gasteiger partial charge on any atom is 0.154 e. The number of aryl methyl sites for hydroxylation is 1. The molecule has 0 unspecified atom stereocenters. The molecule has 132 valence electrons. The van der Waals surface area contributed by atoms with Gasteiger partial charge in [-0.1, -0.05) is 6.07 Å². The monoisotopic (exact) mass is 347 g/mol. The molecule has 5 rings (SSSR count). The van der Waals surface area contributed by atoms with Crippen LogP contribution in [-0.2, 0) is 11.8 Å². The first-order valence-electron chi connectivity index (χ1n) is 9.02. The lowest BCUT2D eigenvalue weighted by atomic mass is 10.1. The van der Waals surface area contributed by atoms with Crippen LogP contribution in [0.3, 0.4) is 0 Å². The van der Waals surface area contributed by atoms with Crippen molar-refractivity contribution in [1.82, 2.24) is 19.2 Å². The van der Waals surface area contributed by atoms with E-state index in [2.05, 4.69) is 52.4 Å². The third kappa shape index (κ3) is 2.63. The van der Waals surface area contributed by atoms with Crippen LogP contribution in [0.2, 0.25) is 0 Å². The summed E-state index contributed by atoms with van der Waals surface area (Å²) in [7, 11) is 2.06. The number of rotatable bonds is 3. The van der Waals surface area contributed by atoms with Crippen molar-refractivity contribution in [2.45, 2.75) is 18.9 Å². The molecule has 6 nitrogen and oxygen atoms in total. The number of ether oxygens (including phenoxy) is 1. The largest absolute Gasteiger partial charge is 0.381 e. The number of hydrogen-bond acceptors (Lipinski definition) is 4. The Balaban J connectivity index is 1.53. The zero-order chi connectivity index (χ0) is 17.5. The average molecular weight is 347 g/mol. The minimum Gasteiger partial charge on any atom is -0.381 e. The highest BCUT2D eigenvalue weighted by molar-refractivity contribution is 5.85. The quantitative estimate of drug-likeness (QED) is 0.616. The van der Waals surface area contributed by atoms with Gasteiger partial charge >= 0.3 is 0 Å². The summed E-state index contributed by atoms with van der Waals surface area (Å²) in [6.45, 7) is 1.63. The molecule has 26 heavy (non-hydrogen) atoms. The number of benzene rings is 1. The van der Waals surface area contributed by atoms with E-state index < -0.39 is 0 Å². The highest BCUT2D eigenvalue weighted by Gasteiger charge is 2.15. The van der Waals surface area contributed by atoms with Crippen molar-refractivity contribution in [3.8, 4) is 11.3 Å². The Morgan fingerprint density at radius 1 is 1.12 bits per heavy atom. The molecule has 0 aliphatic carbocycles. The van der Waals surface area contributed by atoms with Crippen LogP contribution in [0.4, 0.5) is 5.82 Å². The van der Waals surface area contributed by atoms with Crippen molar-refractivity contribution >= 4 is 22.4 Å². The molecule has 3 aromatic heterocycles. The second-order valence-electron chi connectivity index (χ2n) is 6.86. The van der Waals surface area contributed by atoms with Gasteiger partial charge in [-0.25, -0.2) is 9.50 Å². The van der Waals surface area contributed by atoms with Crippen LogP contribution >= 0.6 is 0 Å². The van der Waals surface area contributed by atoms with Gasteiger partial charge in [-0.3, -0.25) is 0 Å². The van der Waals surface area contributed by atoms with Crippen LogP contribution < -0.4 is 5.32 Å². The summed E-state index contributed by atoms with van der Waals surface area (Å²) in [6, 6.07) is 13.0. The number of imidazole rings is 1. The molecular weight excluding hydrogens is 326 g/mol. The van der Waals surface area contributed by atoms with Crippen LogP contribution in [0.1, 0.15) is 12.8 Å². The molecule has 4 heterocycles. The van der Waals surface area contributed by atoms with E-state index in [9.17, 15) is 0 Å². The molecule has 6 heteroatoms. The van der Waals surface area contributed by atoms with Crippen molar-refractivity contribution < 1.29 is 4.74 Å². The highest BCUT2D eigenvalue weighted by Crippen LogP contribution is 2.26. The fraction of sp³-hybridized carbons (Fsp3) is 0.300. The SMILES string of the molecule is Cn1ccc2cc(-c3cnc4ccc(NC5CCOCC5)nn34)ccc21. The topological polar surface area (TPSA) is 56.4 Å². The van der Waals surface area contributed by atoms with Gasteiger partial charge in [-0.2, -0.15) is 0 Å². The molecule has 0 radical (unpaired) electrons. The molecular formula is C20H21N5O. The smallest absolute Gasteiger partial charge is 0.154 e. The van der Waals surface area contributed by atoms with Crippen LogP contribution in [0.25, 0.3) is 27.8 Å². The Kier molecular flexibility index (Phi) is 3.64. The molecule has 0 bridgehead atoms. The van der Waals surface area contributed by atoms with E-state index in [4.69, 9.17) is 9.84 Å². The van der Waals surface area contributed by atoms with E-state index >= 15 is 0 Å². The van der Waals surface area contributed by atoms with E-state index in [1.165, 1.54) is 10.9 Å². The van der Waals surface area contributed by atoms with Gasteiger partial charge in [0, 0.05) is 49.0 Å². The van der Waals surface area contributed by atoms with E-state index in [0.717, 1.165) is 48.8 Å². The number of anilines is 1. The molecule has 1 fully saturated rings. The Labute approximate surface area is 151 Å². The van der Waals surface area contributed by atoms with Gasteiger partial charge < -0.3 is 14.6 Å². The van der Waals surface area contributed by atoms with Gasteiger partial charge in [0.1, 0.15) is 5.82 Å². The van der Waals surface area contributed by atoms with E-state index in [0.29, 0.717) is 6.04 Å². The van der Waals surface area contributed by atoms with Crippen molar-refractivity contribution in [3.63, 3.8) is 0 Å². The first-order valence-corrected chi connectivity index (χ1v) is 9.02. The number of fused-ring (bicyclic) bond motifs is 2. The minimum absolute atomic E-state index is 0.418. The molecule has 1 aliphatic rings. The van der Waals surface area contributed by atoms with Crippen molar-refractivity contribution in [3.05, 3.63) is 48.8 Å². The fourth-order valence-corrected chi connectivity index (χ4v) is 3.64. The molecule has 0 atom stereocenters. The van der Waals surface area contributed by atoms with Gasteiger partial charge in [0.05, 0.1) is 11.9 Å². The van der Waals surface area contributed by atoms with Gasteiger partial charge in [0.25, 0.3) is 0 Å². The number of nitrogens with zero attached hydrogens (tertiary/aromatic N) is 4. The summed E-state index contributed by atoms with van der Waals surface area (Å²) < 4.78 is 9.48. The summed E-state index contributed by atoms with van der Waals surface area (Å²) in [6.07, 6.45) is 6.00. The van der Waals surface area contributed by atoms with Crippen LogP contribution in [0.5, 0.6) is 0 Å². The second kappa shape index (κ2) is 6.14. The molecule has 1 N–H and O–H groups in total. The maximum absolute atomic E-state index is 5.43. The molecule has 1 aromatic carbocycles. The Morgan fingerprint density at radius 3 is 2.88 bits per heavy atom. The molecule has 4 aromatic rings. The highest BCUT2D eigenvalue weighted by atomic mass is 16.5. The predicted molar refractivity (Wildman–Crippen MR) is 102 cm³/mol. The van der Waals surface area contributed by atoms with E-state index in [1.54, 1.807) is 0 Å². The first-order chi connectivity index (χ1) is 12.8. The number of hydrogen-bond donors (Lipinski definition) is 1. The third-order valence-electron chi connectivity index (χ3n) is 5.12. The fourth-order valence-electron chi connectivity index (χ4n) is 3.64. The van der Waals surface area contributed by atoms with E-state index in [1.807, 2.05) is 22.8 Å². The standard InChI is InChI=1S/C20H21N5O/c1-24-9-6-15-12-14(2-3-17(15)24)18-13-21-20-5-4-19(23-25(18)20)22-16-7-10-26-11-8-16/h2-6,9,12-13,16H,7-8,10-11H2,1H3,(H,22,23).